The van der Waals surface area contributed by atoms with Crippen LogP contribution < -0.4 is 28.6 Å². The number of aliphatic imine (C=N–C) groups is 1. The predicted octanol–water partition coefficient (Wildman–Crippen LogP) is -2.91. The number of nitrogens with two attached hydrogens (primary N) is 4. The predicted molar refractivity (Wildman–Crippen MR) is 104 cm³/mol. The van der Waals surface area contributed by atoms with E-state index in [1.165, 1.54) is 16.8 Å². The zero-order chi connectivity index (χ0) is 20.8. The second-order valence-electron chi connectivity index (χ2n) is 6.27. The maximum absolute atomic E-state index is 12.0. The molecule has 13 heteroatoms. The van der Waals surface area contributed by atoms with Gasteiger partial charge in [-0.1, -0.05) is 0 Å². The van der Waals surface area contributed by atoms with E-state index < -0.39 is 40.5 Å². The van der Waals surface area contributed by atoms with Crippen LogP contribution >= 0.6 is 11.8 Å². The lowest BCUT2D eigenvalue weighted by Gasteiger charge is -2.17. The Balaban J connectivity index is 1.88. The van der Waals surface area contributed by atoms with Crippen molar-refractivity contribution in [3.8, 4) is 0 Å². The number of ether oxygens (including phenoxy) is 1. The van der Waals surface area contributed by atoms with E-state index in [0.717, 1.165) is 11.8 Å². The van der Waals surface area contributed by atoms with E-state index in [1.807, 2.05) is 0 Å². The monoisotopic (exact) mass is 415 g/mol. The number of rotatable bonds is 8. The molecule has 0 amide bonds. The molecule has 1 saturated heterocycles. The van der Waals surface area contributed by atoms with Gasteiger partial charge in [0.05, 0.1) is 11.4 Å². The molecule has 1 aliphatic heterocycles. The maximum atomic E-state index is 12.0. The standard InChI is InChI=1S/C15H25N7O5S/c16-7(2-1-4-20-14(18)19)13(25)27-6-8-10(23)11(24)12(28-8)22-5-3-9(17)21-15(22)26/h3,5,7-8,10-12,23-24H,1-2,4,6,16H2,(H2,17,21,26)(H4,18,19,20)/t7-,8+,10?,11?,12+/m0/s1. The molecule has 0 bridgehead atoms. The van der Waals surface area contributed by atoms with Crippen LogP contribution in [-0.4, -0.2) is 68.3 Å². The molecule has 1 aromatic rings. The van der Waals surface area contributed by atoms with Crippen molar-refractivity contribution >= 4 is 29.5 Å². The van der Waals surface area contributed by atoms with Gasteiger partial charge in [-0.2, -0.15) is 4.98 Å². The first-order chi connectivity index (χ1) is 13.2. The minimum atomic E-state index is -1.25. The highest BCUT2D eigenvalue weighted by atomic mass is 32.2. The van der Waals surface area contributed by atoms with Crippen LogP contribution in [0, 0.1) is 0 Å². The van der Waals surface area contributed by atoms with Crippen LogP contribution in [0.1, 0.15) is 18.2 Å². The smallest absolute Gasteiger partial charge is 0.350 e. The van der Waals surface area contributed by atoms with Gasteiger partial charge in [0, 0.05) is 12.7 Å². The summed E-state index contributed by atoms with van der Waals surface area (Å²) in [5.74, 6) is -0.618. The number of aromatic nitrogens is 2. The van der Waals surface area contributed by atoms with E-state index in [4.69, 9.17) is 27.7 Å². The summed E-state index contributed by atoms with van der Waals surface area (Å²) in [7, 11) is 0. The van der Waals surface area contributed by atoms with Crippen molar-refractivity contribution in [2.75, 3.05) is 18.9 Å². The van der Waals surface area contributed by atoms with Gasteiger partial charge in [-0.15, -0.1) is 11.8 Å². The van der Waals surface area contributed by atoms with Crippen molar-refractivity contribution < 1.29 is 19.7 Å². The van der Waals surface area contributed by atoms with E-state index in [1.54, 1.807) is 0 Å². The lowest BCUT2D eigenvalue weighted by Crippen LogP contribution is -2.38. The molecule has 2 unspecified atom stereocenters. The lowest BCUT2D eigenvalue weighted by molar-refractivity contribution is -0.146. The zero-order valence-electron chi connectivity index (χ0n) is 15.0. The Kier molecular flexibility index (Phi) is 7.62. The van der Waals surface area contributed by atoms with Crippen molar-refractivity contribution in [2.24, 2.45) is 22.2 Å². The van der Waals surface area contributed by atoms with Crippen LogP contribution in [0.25, 0.3) is 0 Å². The largest absolute Gasteiger partial charge is 0.463 e. The molecule has 1 fully saturated rings. The maximum Gasteiger partial charge on any atom is 0.350 e. The number of anilines is 1. The average Bonchev–Trinajstić information content (AvgIpc) is 2.91. The SMILES string of the molecule is NC(N)=NCCC[C@H](N)C(=O)OC[C@H]1S[C@@H](n2ccc(N)nc2=O)C(O)C1O. The second kappa shape index (κ2) is 9.73. The van der Waals surface area contributed by atoms with Gasteiger partial charge < -0.3 is 37.9 Å². The normalized spacial score (nSPS) is 25.2. The minimum Gasteiger partial charge on any atom is -0.463 e. The first-order valence-corrected chi connectivity index (χ1v) is 9.49. The highest BCUT2D eigenvalue weighted by molar-refractivity contribution is 8.00. The van der Waals surface area contributed by atoms with Crippen LogP contribution in [0.3, 0.4) is 0 Å². The number of guanidine groups is 1. The number of hydrogen-bond acceptors (Lipinski definition) is 10. The van der Waals surface area contributed by atoms with Gasteiger partial charge in [0.15, 0.2) is 5.96 Å². The summed E-state index contributed by atoms with van der Waals surface area (Å²) in [6.07, 6.45) is -0.231. The highest BCUT2D eigenvalue weighted by Crippen LogP contribution is 2.41. The first kappa shape index (κ1) is 21.9. The molecule has 0 radical (unpaired) electrons. The van der Waals surface area contributed by atoms with E-state index in [-0.39, 0.29) is 18.4 Å². The molecule has 28 heavy (non-hydrogen) atoms. The van der Waals surface area contributed by atoms with Gasteiger partial charge >= 0.3 is 11.7 Å². The number of carbonyl (C=O) groups excluding carboxylic acids is 1. The average molecular weight is 415 g/mol. The number of aliphatic hydroxyl groups is 2. The molecular formula is C15H25N7O5S. The van der Waals surface area contributed by atoms with Crippen molar-refractivity contribution in [1.82, 2.24) is 9.55 Å². The van der Waals surface area contributed by atoms with Crippen molar-refractivity contribution in [2.45, 2.75) is 41.7 Å². The molecule has 0 spiro atoms. The van der Waals surface area contributed by atoms with Crippen LogP contribution in [-0.2, 0) is 9.53 Å². The van der Waals surface area contributed by atoms with Gasteiger partial charge in [0.2, 0.25) is 0 Å². The second-order valence-corrected chi connectivity index (χ2v) is 7.63. The molecule has 2 heterocycles. The first-order valence-electron chi connectivity index (χ1n) is 8.54. The summed E-state index contributed by atoms with van der Waals surface area (Å²) in [5, 5.41) is 19.0. The Morgan fingerprint density at radius 1 is 1.39 bits per heavy atom. The fourth-order valence-electron chi connectivity index (χ4n) is 2.62. The molecule has 12 nitrogen and oxygen atoms in total. The minimum absolute atomic E-state index is 0.0353. The van der Waals surface area contributed by atoms with E-state index in [2.05, 4.69) is 9.98 Å². The van der Waals surface area contributed by atoms with E-state index in [0.29, 0.717) is 19.4 Å². The summed E-state index contributed by atoms with van der Waals surface area (Å²) in [5.41, 5.74) is 21.0. The number of carbonyl (C=O) groups is 1. The Morgan fingerprint density at radius 2 is 2.11 bits per heavy atom. The van der Waals surface area contributed by atoms with Crippen LogP contribution in [0.4, 0.5) is 5.82 Å². The van der Waals surface area contributed by atoms with Crippen molar-refractivity contribution in [3.63, 3.8) is 0 Å². The summed E-state index contributed by atoms with van der Waals surface area (Å²) in [4.78, 5) is 31.3. The van der Waals surface area contributed by atoms with Crippen LogP contribution in [0.5, 0.6) is 0 Å². The molecule has 0 aliphatic carbocycles. The molecule has 5 atom stereocenters. The van der Waals surface area contributed by atoms with Gasteiger partial charge in [0.1, 0.15) is 29.9 Å². The number of hydrogen-bond donors (Lipinski definition) is 6. The summed E-state index contributed by atoms with van der Waals surface area (Å²) >= 11 is 1.10. The zero-order valence-corrected chi connectivity index (χ0v) is 15.9. The van der Waals surface area contributed by atoms with E-state index in [9.17, 15) is 19.8 Å². The number of aliphatic hydroxyl groups excluding tert-OH is 2. The third-order valence-corrected chi connectivity index (χ3v) is 5.67. The van der Waals surface area contributed by atoms with Crippen molar-refractivity contribution in [1.29, 1.82) is 0 Å². The molecule has 1 aliphatic rings. The summed E-state index contributed by atoms with van der Waals surface area (Å²) in [6.45, 7) is 0.176. The highest BCUT2D eigenvalue weighted by Gasteiger charge is 2.44. The molecule has 156 valence electrons. The van der Waals surface area contributed by atoms with Gasteiger partial charge in [-0.25, -0.2) is 4.79 Å². The fraction of sp³-hybridized carbons (Fsp3) is 0.600. The summed E-state index contributed by atoms with van der Waals surface area (Å²) in [6, 6.07) is 0.554. The molecule has 0 saturated carbocycles. The Labute approximate surface area is 164 Å². The number of esters is 1. The third kappa shape index (κ3) is 5.58. The van der Waals surface area contributed by atoms with Crippen LogP contribution in [0.2, 0.25) is 0 Å². The van der Waals surface area contributed by atoms with Crippen molar-refractivity contribution in [3.05, 3.63) is 22.7 Å². The topological polar surface area (TPSA) is 218 Å². The number of nitrogens with zero attached hydrogens (tertiary/aromatic N) is 3. The third-order valence-electron chi connectivity index (χ3n) is 4.12. The Morgan fingerprint density at radius 3 is 2.75 bits per heavy atom. The molecule has 10 N–H and O–H groups in total. The van der Waals surface area contributed by atoms with Gasteiger partial charge in [-0.3, -0.25) is 14.4 Å². The quantitative estimate of drug-likeness (QED) is 0.109. The number of nitrogen functional groups attached to an aromatic ring is 1. The fourth-order valence-corrected chi connectivity index (χ4v) is 4.07. The van der Waals surface area contributed by atoms with Crippen LogP contribution in [0.15, 0.2) is 22.1 Å². The molecule has 1 aromatic heterocycles. The Hall–Kier alpha value is -2.35. The lowest BCUT2D eigenvalue weighted by atomic mass is 10.1. The molecule has 2 rings (SSSR count). The number of thioether (sulfide) groups is 1. The summed E-state index contributed by atoms with van der Waals surface area (Å²) < 4.78 is 6.33. The van der Waals surface area contributed by atoms with E-state index >= 15 is 0 Å². The van der Waals surface area contributed by atoms with Gasteiger partial charge in [-0.05, 0) is 18.9 Å². The molecule has 0 aromatic carbocycles. The Bertz CT molecular complexity index is 769. The van der Waals surface area contributed by atoms with Gasteiger partial charge in [0.25, 0.3) is 0 Å². The molecular weight excluding hydrogens is 390 g/mol.